The highest BCUT2D eigenvalue weighted by atomic mass is 32.2. The molecule has 184 valence electrons. The Bertz CT molecular complexity index is 1190. The molecule has 6 rings (SSSR count). The predicted molar refractivity (Wildman–Crippen MR) is 143 cm³/mol. The number of piperidine rings is 1. The van der Waals surface area contributed by atoms with Crippen molar-refractivity contribution in [3.63, 3.8) is 0 Å². The number of rotatable bonds is 6. The van der Waals surface area contributed by atoms with Crippen molar-refractivity contribution >= 4 is 39.2 Å². The van der Waals surface area contributed by atoms with Crippen LogP contribution in [0.3, 0.4) is 0 Å². The normalized spacial score (nSPS) is 23.6. The van der Waals surface area contributed by atoms with Crippen molar-refractivity contribution in [3.8, 4) is 0 Å². The number of aromatic nitrogens is 3. The lowest BCUT2D eigenvalue weighted by molar-refractivity contribution is 0.0286. The Kier molecular flexibility index (Phi) is 6.56. The second-order valence-corrected chi connectivity index (χ2v) is 12.9. The highest BCUT2D eigenvalue weighted by Gasteiger charge is 2.40. The van der Waals surface area contributed by atoms with Gasteiger partial charge in [0.2, 0.25) is 0 Å². The van der Waals surface area contributed by atoms with Crippen LogP contribution < -0.4 is 0 Å². The van der Waals surface area contributed by atoms with Crippen LogP contribution in [0.5, 0.6) is 0 Å². The molecule has 1 aliphatic heterocycles. The van der Waals surface area contributed by atoms with Crippen LogP contribution in [0.15, 0.2) is 35.5 Å². The summed E-state index contributed by atoms with van der Waals surface area (Å²) in [7, 11) is 0. The zero-order valence-corrected chi connectivity index (χ0v) is 22.2. The second kappa shape index (κ2) is 9.81. The summed E-state index contributed by atoms with van der Waals surface area (Å²) in [5.74, 6) is 2.52. The van der Waals surface area contributed by atoms with E-state index in [0.29, 0.717) is 17.3 Å². The van der Waals surface area contributed by atoms with E-state index in [-0.39, 0.29) is 5.91 Å². The maximum Gasteiger partial charge on any atom is 0.253 e. The Morgan fingerprint density at radius 2 is 1.83 bits per heavy atom. The number of amides is 1. The molecule has 2 aromatic heterocycles. The van der Waals surface area contributed by atoms with Crippen molar-refractivity contribution in [1.29, 1.82) is 0 Å². The van der Waals surface area contributed by atoms with Crippen molar-refractivity contribution < 1.29 is 4.79 Å². The number of hydrogen-bond acceptors (Lipinski definition) is 6. The van der Waals surface area contributed by atoms with Crippen molar-refractivity contribution in [3.05, 3.63) is 47.0 Å². The van der Waals surface area contributed by atoms with E-state index in [9.17, 15) is 4.79 Å². The zero-order valence-electron chi connectivity index (χ0n) is 20.5. The molecule has 0 unspecified atom stereocenters. The van der Waals surface area contributed by atoms with Crippen molar-refractivity contribution in [2.75, 3.05) is 19.3 Å². The molecule has 3 fully saturated rings. The summed E-state index contributed by atoms with van der Waals surface area (Å²) in [6.07, 6.45) is 18.2. The minimum absolute atomic E-state index is 0.197. The Morgan fingerprint density at radius 3 is 2.51 bits per heavy atom. The van der Waals surface area contributed by atoms with Crippen molar-refractivity contribution in [1.82, 2.24) is 19.9 Å². The maximum atomic E-state index is 13.2. The first-order chi connectivity index (χ1) is 17.1. The fourth-order valence-electron chi connectivity index (χ4n) is 6.34. The van der Waals surface area contributed by atoms with Gasteiger partial charge in [0.15, 0.2) is 0 Å². The quantitative estimate of drug-likeness (QED) is 0.361. The van der Waals surface area contributed by atoms with Gasteiger partial charge in [0.05, 0.1) is 15.2 Å². The molecule has 3 aliphatic rings. The van der Waals surface area contributed by atoms with Gasteiger partial charge in [0, 0.05) is 48.8 Å². The molecule has 5 nitrogen and oxygen atoms in total. The summed E-state index contributed by atoms with van der Waals surface area (Å²) in [4.78, 5) is 30.4. The number of fused-ring (bicyclic) bond motifs is 1. The standard InChI is InChI=1S/C28H34N4OS2/c1-34-22-17-29-25(30-18-22)14-19-3-4-20(13-19)15-26-31-23-6-5-21(16-24(23)35-26)27(33)32-11-9-28(10-12-32)7-2-8-28/h5-6,16-20H,2-4,7-15H2,1H3/t19-,20-/m0/s1. The van der Waals surface area contributed by atoms with Crippen LogP contribution in [0.1, 0.15) is 72.6 Å². The Hall–Kier alpha value is -1.99. The smallest absolute Gasteiger partial charge is 0.253 e. The number of carbonyl (C=O) groups is 1. The molecular formula is C28H34N4OS2. The summed E-state index contributed by atoms with van der Waals surface area (Å²) in [5, 5.41) is 1.21. The first-order valence-electron chi connectivity index (χ1n) is 13.1. The van der Waals surface area contributed by atoms with Gasteiger partial charge in [-0.15, -0.1) is 23.1 Å². The molecule has 2 atom stereocenters. The fraction of sp³-hybridized carbons (Fsp3) is 0.571. The average Bonchev–Trinajstić information content (AvgIpc) is 3.48. The number of thiazole rings is 1. The number of nitrogens with zero attached hydrogens (tertiary/aromatic N) is 4. The van der Waals surface area contributed by atoms with Crippen LogP contribution in [0, 0.1) is 17.3 Å². The van der Waals surface area contributed by atoms with Crippen LogP contribution in [0.25, 0.3) is 10.2 Å². The Labute approximate surface area is 216 Å². The SMILES string of the molecule is CSc1cnc(C[C@H]2CC[C@H](Cc3nc4ccc(C(=O)N5CCC6(CCC6)CC5)cc4s3)C2)nc1. The van der Waals surface area contributed by atoms with Gasteiger partial charge < -0.3 is 4.90 Å². The minimum atomic E-state index is 0.197. The van der Waals surface area contributed by atoms with Gasteiger partial charge >= 0.3 is 0 Å². The average molecular weight is 507 g/mol. The summed E-state index contributed by atoms with van der Waals surface area (Å²) in [5.41, 5.74) is 2.43. The molecule has 0 radical (unpaired) electrons. The lowest BCUT2D eigenvalue weighted by Crippen LogP contribution is -2.45. The van der Waals surface area contributed by atoms with E-state index in [1.807, 2.05) is 24.5 Å². The molecule has 1 amide bonds. The van der Waals surface area contributed by atoms with Gasteiger partial charge in [-0.2, -0.15) is 0 Å². The summed E-state index contributed by atoms with van der Waals surface area (Å²) >= 11 is 3.46. The number of benzene rings is 1. The highest BCUT2D eigenvalue weighted by molar-refractivity contribution is 7.98. The monoisotopic (exact) mass is 506 g/mol. The van der Waals surface area contributed by atoms with Gasteiger partial charge in [0.25, 0.3) is 5.91 Å². The first-order valence-corrected chi connectivity index (χ1v) is 15.2. The molecule has 0 N–H and O–H groups in total. The predicted octanol–water partition coefficient (Wildman–Crippen LogP) is 6.42. The van der Waals surface area contributed by atoms with E-state index < -0.39 is 0 Å². The summed E-state index contributed by atoms with van der Waals surface area (Å²) in [6.45, 7) is 1.83. The molecule has 1 aromatic carbocycles. The number of hydrogen-bond donors (Lipinski definition) is 0. The third-order valence-electron chi connectivity index (χ3n) is 8.71. The van der Waals surface area contributed by atoms with Gasteiger partial charge in [0.1, 0.15) is 5.82 Å². The first kappa shape index (κ1) is 23.4. The van der Waals surface area contributed by atoms with Gasteiger partial charge in [-0.05, 0) is 86.7 Å². The molecule has 1 spiro atoms. The van der Waals surface area contributed by atoms with Crippen molar-refractivity contribution in [2.45, 2.75) is 69.1 Å². The molecule has 2 aliphatic carbocycles. The van der Waals surface area contributed by atoms with E-state index in [4.69, 9.17) is 4.98 Å². The fourth-order valence-corrected chi connectivity index (χ4v) is 7.78. The Balaban J connectivity index is 1.06. The largest absolute Gasteiger partial charge is 0.339 e. The lowest BCUT2D eigenvalue weighted by Gasteiger charge is -2.48. The lowest BCUT2D eigenvalue weighted by atomic mass is 9.63. The number of carbonyl (C=O) groups excluding carboxylic acids is 1. The Morgan fingerprint density at radius 1 is 1.09 bits per heavy atom. The third-order valence-corrected chi connectivity index (χ3v) is 10.4. The van der Waals surface area contributed by atoms with Gasteiger partial charge in [-0.3, -0.25) is 4.79 Å². The van der Waals surface area contributed by atoms with Gasteiger partial charge in [-0.25, -0.2) is 15.0 Å². The molecule has 35 heavy (non-hydrogen) atoms. The minimum Gasteiger partial charge on any atom is -0.339 e. The number of thioether (sulfide) groups is 1. The maximum absolute atomic E-state index is 13.2. The summed E-state index contributed by atoms with van der Waals surface area (Å²) < 4.78 is 1.15. The van der Waals surface area contributed by atoms with Crippen LogP contribution in [-0.4, -0.2) is 45.1 Å². The van der Waals surface area contributed by atoms with Crippen LogP contribution in [0.2, 0.25) is 0 Å². The topological polar surface area (TPSA) is 59.0 Å². The third kappa shape index (κ3) is 4.99. The number of likely N-dealkylation sites (tertiary alicyclic amines) is 1. The van der Waals surface area contributed by atoms with Crippen LogP contribution in [0.4, 0.5) is 0 Å². The van der Waals surface area contributed by atoms with Crippen LogP contribution in [-0.2, 0) is 12.8 Å². The van der Waals surface area contributed by atoms with E-state index in [2.05, 4.69) is 27.2 Å². The molecule has 1 saturated heterocycles. The van der Waals surface area contributed by atoms with E-state index in [1.54, 1.807) is 23.1 Å². The van der Waals surface area contributed by atoms with Crippen molar-refractivity contribution in [2.24, 2.45) is 17.3 Å². The molecule has 2 saturated carbocycles. The molecule has 7 heteroatoms. The van der Waals surface area contributed by atoms with Crippen LogP contribution >= 0.6 is 23.1 Å². The van der Waals surface area contributed by atoms with E-state index in [0.717, 1.165) is 52.4 Å². The summed E-state index contributed by atoms with van der Waals surface area (Å²) in [6, 6.07) is 6.11. The molecule has 0 bridgehead atoms. The molecule has 3 aromatic rings. The van der Waals surface area contributed by atoms with E-state index in [1.165, 1.54) is 56.4 Å². The molecule has 3 heterocycles. The zero-order chi connectivity index (χ0) is 23.8. The second-order valence-electron chi connectivity index (χ2n) is 10.9. The van der Waals surface area contributed by atoms with Gasteiger partial charge in [-0.1, -0.05) is 6.42 Å². The van der Waals surface area contributed by atoms with E-state index >= 15 is 0 Å². The molecular weight excluding hydrogens is 472 g/mol. The highest BCUT2D eigenvalue weighted by Crippen LogP contribution is 2.49.